The molecule has 7 heteroatoms. The van der Waals surface area contributed by atoms with Crippen LogP contribution < -0.4 is 15.8 Å². The molecular formula is C27H25N5O2. The molecule has 0 saturated carbocycles. The fourth-order valence-electron chi connectivity index (χ4n) is 4.20. The van der Waals surface area contributed by atoms with Gasteiger partial charge in [-0.1, -0.05) is 66.7 Å². The van der Waals surface area contributed by atoms with Crippen molar-refractivity contribution >= 4 is 11.9 Å². The molecule has 7 nitrogen and oxygen atoms in total. The van der Waals surface area contributed by atoms with Crippen LogP contribution in [0.1, 0.15) is 29.7 Å². The highest BCUT2D eigenvalue weighted by Gasteiger charge is 2.33. The summed E-state index contributed by atoms with van der Waals surface area (Å²) in [6.45, 7) is 4.33. The first-order valence-electron chi connectivity index (χ1n) is 11.1. The second-order valence-corrected chi connectivity index (χ2v) is 8.29. The number of anilines is 1. The Morgan fingerprint density at radius 1 is 1.00 bits per heavy atom. The molecule has 0 aliphatic carbocycles. The van der Waals surface area contributed by atoms with Crippen LogP contribution in [0.2, 0.25) is 0 Å². The topological polar surface area (TPSA) is 95.1 Å². The molecule has 34 heavy (non-hydrogen) atoms. The summed E-state index contributed by atoms with van der Waals surface area (Å²) in [7, 11) is 0. The molecule has 2 heterocycles. The summed E-state index contributed by atoms with van der Waals surface area (Å²) >= 11 is 0. The quantitative estimate of drug-likeness (QED) is 0.447. The maximum atomic E-state index is 12.5. The number of nitrogens with two attached hydrogens (primary N) is 1. The van der Waals surface area contributed by atoms with Crippen molar-refractivity contribution in [3.05, 3.63) is 107 Å². The first-order chi connectivity index (χ1) is 16.5. The molecule has 4 aromatic rings. The van der Waals surface area contributed by atoms with Gasteiger partial charge in [0.05, 0.1) is 5.57 Å². The number of allylic oxidation sites excluding steroid dienone is 1. The monoisotopic (exact) mass is 451 g/mol. The van der Waals surface area contributed by atoms with E-state index in [1.54, 1.807) is 4.68 Å². The van der Waals surface area contributed by atoms with E-state index >= 15 is 0 Å². The maximum absolute atomic E-state index is 12.5. The summed E-state index contributed by atoms with van der Waals surface area (Å²) in [6.07, 6.45) is 0. The molecule has 0 bridgehead atoms. The smallest absolute Gasteiger partial charge is 0.248 e. The zero-order valence-electron chi connectivity index (χ0n) is 19.0. The van der Waals surface area contributed by atoms with Crippen molar-refractivity contribution in [1.82, 2.24) is 14.8 Å². The van der Waals surface area contributed by atoms with E-state index in [0.29, 0.717) is 29.6 Å². The van der Waals surface area contributed by atoms with Crippen molar-refractivity contribution in [3.63, 3.8) is 0 Å². The number of aromatic nitrogens is 3. The van der Waals surface area contributed by atoms with Crippen LogP contribution in [0, 0.1) is 6.92 Å². The molecule has 1 aliphatic rings. The molecule has 1 amide bonds. The number of nitrogens with one attached hydrogen (secondary N) is 1. The highest BCUT2D eigenvalue weighted by atomic mass is 16.5. The summed E-state index contributed by atoms with van der Waals surface area (Å²) < 4.78 is 7.65. The van der Waals surface area contributed by atoms with Crippen LogP contribution in [-0.2, 0) is 11.4 Å². The number of benzene rings is 3. The number of hydrogen-bond acceptors (Lipinski definition) is 5. The average Bonchev–Trinajstić information content (AvgIpc) is 3.26. The molecule has 1 atom stereocenters. The molecule has 1 unspecified atom stereocenters. The second kappa shape index (κ2) is 8.86. The van der Waals surface area contributed by atoms with Crippen molar-refractivity contribution in [2.45, 2.75) is 26.5 Å². The third-order valence-corrected chi connectivity index (χ3v) is 5.95. The Kier molecular flexibility index (Phi) is 5.59. The van der Waals surface area contributed by atoms with E-state index in [2.05, 4.69) is 5.32 Å². The summed E-state index contributed by atoms with van der Waals surface area (Å²) in [5.41, 5.74) is 10.9. The average molecular weight is 452 g/mol. The molecule has 1 aromatic heterocycles. The van der Waals surface area contributed by atoms with Gasteiger partial charge in [0.25, 0.3) is 0 Å². The number of carbonyl (C=O) groups excluding carboxylic acids is 1. The standard InChI is InChI=1S/C27H25N5O2/c1-17-8-6-7-11-22(17)26-30-27-29-18(2)23(25(28)33)24(32(27)31-26)20-12-14-21(15-13-20)34-16-19-9-4-3-5-10-19/h3-15,24H,16H2,1-2H3,(H2,28,33)(H,29,30,31). The molecule has 3 aromatic carbocycles. The summed E-state index contributed by atoms with van der Waals surface area (Å²) in [6, 6.07) is 25.1. The number of fused-ring (bicyclic) bond motifs is 1. The molecule has 0 saturated heterocycles. The molecule has 0 fully saturated rings. The largest absolute Gasteiger partial charge is 0.489 e. The van der Waals surface area contributed by atoms with Crippen LogP contribution in [-0.4, -0.2) is 20.7 Å². The predicted octanol–water partition coefficient (Wildman–Crippen LogP) is 4.61. The van der Waals surface area contributed by atoms with Crippen LogP contribution in [0.15, 0.2) is 90.1 Å². The molecule has 0 radical (unpaired) electrons. The Hall–Kier alpha value is -4.39. The van der Waals surface area contributed by atoms with Gasteiger partial charge in [-0.3, -0.25) is 4.79 Å². The fourth-order valence-corrected chi connectivity index (χ4v) is 4.20. The predicted molar refractivity (Wildman–Crippen MR) is 131 cm³/mol. The summed E-state index contributed by atoms with van der Waals surface area (Å²) in [5.74, 6) is 1.39. The van der Waals surface area contributed by atoms with E-state index < -0.39 is 11.9 Å². The van der Waals surface area contributed by atoms with Gasteiger partial charge in [0, 0.05) is 11.3 Å². The zero-order valence-corrected chi connectivity index (χ0v) is 19.0. The molecule has 170 valence electrons. The number of amides is 1. The van der Waals surface area contributed by atoms with Gasteiger partial charge in [-0.15, -0.1) is 5.10 Å². The lowest BCUT2D eigenvalue weighted by Gasteiger charge is -2.27. The number of nitrogens with zero attached hydrogens (tertiary/aromatic N) is 3. The minimum Gasteiger partial charge on any atom is -0.489 e. The van der Waals surface area contributed by atoms with E-state index in [1.165, 1.54) is 0 Å². The molecular weight excluding hydrogens is 426 g/mol. The molecule has 5 rings (SSSR count). The van der Waals surface area contributed by atoms with Gasteiger partial charge in [0.2, 0.25) is 11.9 Å². The molecule has 0 spiro atoms. The lowest BCUT2D eigenvalue weighted by atomic mass is 9.95. The van der Waals surface area contributed by atoms with Gasteiger partial charge >= 0.3 is 0 Å². The highest BCUT2D eigenvalue weighted by molar-refractivity contribution is 5.95. The number of aryl methyl sites for hydroxylation is 1. The van der Waals surface area contributed by atoms with E-state index in [4.69, 9.17) is 20.6 Å². The van der Waals surface area contributed by atoms with Crippen LogP contribution in [0.25, 0.3) is 11.4 Å². The number of carbonyl (C=O) groups is 1. The van der Waals surface area contributed by atoms with Gasteiger partial charge in [0.1, 0.15) is 18.4 Å². The van der Waals surface area contributed by atoms with Gasteiger partial charge in [0.15, 0.2) is 5.82 Å². The van der Waals surface area contributed by atoms with Gasteiger partial charge < -0.3 is 15.8 Å². The van der Waals surface area contributed by atoms with Crippen molar-refractivity contribution in [2.75, 3.05) is 5.32 Å². The lowest BCUT2D eigenvalue weighted by molar-refractivity contribution is -0.115. The molecule has 1 aliphatic heterocycles. The summed E-state index contributed by atoms with van der Waals surface area (Å²) in [4.78, 5) is 17.2. The van der Waals surface area contributed by atoms with E-state index in [-0.39, 0.29) is 0 Å². The number of ether oxygens (including phenoxy) is 1. The Morgan fingerprint density at radius 2 is 1.71 bits per heavy atom. The van der Waals surface area contributed by atoms with Crippen LogP contribution in [0.4, 0.5) is 5.95 Å². The third-order valence-electron chi connectivity index (χ3n) is 5.95. The zero-order chi connectivity index (χ0) is 23.7. The van der Waals surface area contributed by atoms with Gasteiger partial charge in [-0.25, -0.2) is 4.68 Å². The van der Waals surface area contributed by atoms with Gasteiger partial charge in [-0.05, 0) is 42.7 Å². The van der Waals surface area contributed by atoms with Crippen LogP contribution in [0.5, 0.6) is 5.75 Å². The Bertz CT molecular complexity index is 1370. The first-order valence-corrected chi connectivity index (χ1v) is 11.1. The summed E-state index contributed by atoms with van der Waals surface area (Å²) in [5, 5.41) is 7.97. The van der Waals surface area contributed by atoms with Crippen LogP contribution in [0.3, 0.4) is 0 Å². The second-order valence-electron chi connectivity index (χ2n) is 8.29. The third kappa shape index (κ3) is 4.03. The molecule has 3 N–H and O–H groups in total. The Morgan fingerprint density at radius 3 is 2.41 bits per heavy atom. The number of primary amides is 1. The minimum absolute atomic E-state index is 0.451. The minimum atomic E-state index is -0.502. The normalized spacial score (nSPS) is 14.9. The van der Waals surface area contributed by atoms with Crippen molar-refractivity contribution in [1.29, 1.82) is 0 Å². The number of rotatable bonds is 6. The van der Waals surface area contributed by atoms with Crippen molar-refractivity contribution < 1.29 is 9.53 Å². The SMILES string of the molecule is CC1=C(C(N)=O)C(c2ccc(OCc3ccccc3)cc2)n2nc(-c3ccccc3C)nc2N1. The Labute approximate surface area is 197 Å². The van der Waals surface area contributed by atoms with Gasteiger partial charge in [-0.2, -0.15) is 4.98 Å². The lowest BCUT2D eigenvalue weighted by Crippen LogP contribution is -2.31. The van der Waals surface area contributed by atoms with E-state index in [9.17, 15) is 4.79 Å². The van der Waals surface area contributed by atoms with E-state index in [1.807, 2.05) is 92.7 Å². The Balaban J connectivity index is 1.49. The maximum Gasteiger partial charge on any atom is 0.248 e. The van der Waals surface area contributed by atoms with Crippen molar-refractivity contribution in [2.24, 2.45) is 5.73 Å². The van der Waals surface area contributed by atoms with E-state index in [0.717, 1.165) is 28.0 Å². The fraction of sp³-hybridized carbons (Fsp3) is 0.148. The van der Waals surface area contributed by atoms with Crippen molar-refractivity contribution in [3.8, 4) is 17.1 Å². The highest BCUT2D eigenvalue weighted by Crippen LogP contribution is 2.37. The van der Waals surface area contributed by atoms with Crippen LogP contribution >= 0.6 is 0 Å². The first kappa shape index (κ1) is 21.5. The number of hydrogen-bond donors (Lipinski definition) is 2.